The zero-order chi connectivity index (χ0) is 25.1. The molecule has 10 heteroatoms. The molecule has 2 aromatic rings. The molecule has 3 amide bonds. The summed E-state index contributed by atoms with van der Waals surface area (Å²) >= 11 is 0. The normalized spacial score (nSPS) is 18.4. The highest BCUT2D eigenvalue weighted by Gasteiger charge is 2.49. The summed E-state index contributed by atoms with van der Waals surface area (Å²) in [5, 5.41) is 1.50. The van der Waals surface area contributed by atoms with E-state index in [0.29, 0.717) is 11.1 Å². The van der Waals surface area contributed by atoms with Crippen molar-refractivity contribution in [3.8, 4) is 0 Å². The Bertz CT molecular complexity index is 1160. The minimum atomic E-state index is -3.85. The van der Waals surface area contributed by atoms with Crippen LogP contribution in [0.25, 0.3) is 0 Å². The minimum Gasteiger partial charge on any atom is -0.445 e. The molecular formula is C24H29N3O6S. The Morgan fingerprint density at radius 1 is 1.09 bits per heavy atom. The zero-order valence-electron chi connectivity index (χ0n) is 19.4. The van der Waals surface area contributed by atoms with Gasteiger partial charge in [0.05, 0.1) is 12.0 Å². The topological polar surface area (TPSA) is 136 Å². The van der Waals surface area contributed by atoms with E-state index >= 15 is 0 Å². The van der Waals surface area contributed by atoms with Crippen LogP contribution >= 0.6 is 0 Å². The number of sulfonamides is 1. The van der Waals surface area contributed by atoms with E-state index in [1.807, 2.05) is 18.2 Å². The van der Waals surface area contributed by atoms with E-state index in [2.05, 4.69) is 5.32 Å². The molecule has 1 heterocycles. The van der Waals surface area contributed by atoms with E-state index in [-0.39, 0.29) is 19.4 Å². The molecule has 9 nitrogen and oxygen atoms in total. The Morgan fingerprint density at radius 3 is 2.24 bits per heavy atom. The summed E-state index contributed by atoms with van der Waals surface area (Å²) in [6, 6.07) is 14.6. The number of alkyl carbamates (subject to hydrolysis) is 1. The minimum absolute atomic E-state index is 0.0486. The van der Waals surface area contributed by atoms with Gasteiger partial charge in [0.25, 0.3) is 0 Å². The van der Waals surface area contributed by atoms with Crippen LogP contribution in [0.5, 0.6) is 0 Å². The van der Waals surface area contributed by atoms with Gasteiger partial charge in [-0.25, -0.2) is 17.5 Å². The molecule has 34 heavy (non-hydrogen) atoms. The summed E-state index contributed by atoms with van der Waals surface area (Å²) in [6.45, 7) is 5.08. The van der Waals surface area contributed by atoms with Crippen molar-refractivity contribution in [2.75, 3.05) is 0 Å². The van der Waals surface area contributed by atoms with Crippen molar-refractivity contribution in [2.45, 2.75) is 57.1 Å². The Balaban J connectivity index is 1.66. The first-order chi connectivity index (χ1) is 15.9. The average Bonchev–Trinajstić information content (AvgIpc) is 3.01. The average molecular weight is 488 g/mol. The van der Waals surface area contributed by atoms with Crippen molar-refractivity contribution in [1.29, 1.82) is 0 Å². The van der Waals surface area contributed by atoms with Crippen LogP contribution in [0.4, 0.5) is 4.79 Å². The van der Waals surface area contributed by atoms with Crippen molar-refractivity contribution in [3.05, 3.63) is 71.3 Å². The number of rotatable bonds is 7. The molecule has 1 unspecified atom stereocenters. The lowest BCUT2D eigenvalue weighted by molar-refractivity contribution is -0.128. The molecule has 0 spiro atoms. The number of carbonyl (C=O) groups is 3. The maximum absolute atomic E-state index is 13.0. The van der Waals surface area contributed by atoms with Gasteiger partial charge in [-0.3, -0.25) is 9.59 Å². The lowest BCUT2D eigenvalue weighted by atomic mass is 10.0. The summed E-state index contributed by atoms with van der Waals surface area (Å²) in [4.78, 5) is 36.4. The van der Waals surface area contributed by atoms with Gasteiger partial charge in [-0.15, -0.1) is 0 Å². The zero-order valence-corrected chi connectivity index (χ0v) is 20.2. The molecule has 1 aliphatic heterocycles. The second-order valence-corrected chi connectivity index (χ2v) is 11.1. The van der Waals surface area contributed by atoms with Crippen LogP contribution in [0.3, 0.4) is 0 Å². The number of benzene rings is 2. The smallest absolute Gasteiger partial charge is 0.408 e. The summed E-state index contributed by atoms with van der Waals surface area (Å²) in [7, 11) is -3.85. The van der Waals surface area contributed by atoms with Crippen LogP contribution in [0.2, 0.25) is 0 Å². The van der Waals surface area contributed by atoms with E-state index in [1.165, 1.54) is 0 Å². The molecule has 3 N–H and O–H groups in total. The summed E-state index contributed by atoms with van der Waals surface area (Å²) in [5.41, 5.74) is 6.54. The van der Waals surface area contributed by atoms with Crippen LogP contribution in [-0.2, 0) is 37.4 Å². The summed E-state index contributed by atoms with van der Waals surface area (Å²) < 4.78 is 32.0. The van der Waals surface area contributed by atoms with Crippen molar-refractivity contribution in [1.82, 2.24) is 9.62 Å². The largest absolute Gasteiger partial charge is 0.445 e. The number of nitrogens with two attached hydrogens (primary N) is 1. The molecule has 3 rings (SSSR count). The van der Waals surface area contributed by atoms with Crippen LogP contribution < -0.4 is 11.1 Å². The number of hydrogen-bond acceptors (Lipinski definition) is 6. The van der Waals surface area contributed by atoms with E-state index in [0.717, 1.165) is 9.87 Å². The number of nitrogens with zero attached hydrogens (tertiary/aromatic N) is 1. The van der Waals surface area contributed by atoms with Gasteiger partial charge in [0.15, 0.2) is 0 Å². The molecule has 2 aromatic carbocycles. The fourth-order valence-corrected chi connectivity index (χ4v) is 6.13. The second kappa shape index (κ2) is 9.84. The Morgan fingerprint density at radius 2 is 1.71 bits per heavy atom. The van der Waals surface area contributed by atoms with Gasteiger partial charge < -0.3 is 15.8 Å². The van der Waals surface area contributed by atoms with Crippen LogP contribution in [-0.4, -0.2) is 42.2 Å². The van der Waals surface area contributed by atoms with E-state index in [4.69, 9.17) is 10.5 Å². The predicted molar refractivity (Wildman–Crippen MR) is 126 cm³/mol. The number of nitrogens with one attached hydrogen (secondary N) is 1. The lowest BCUT2D eigenvalue weighted by Crippen LogP contribution is -2.46. The molecule has 1 aliphatic rings. The molecule has 2 atom stereocenters. The second-order valence-electron chi connectivity index (χ2n) is 9.17. The van der Waals surface area contributed by atoms with E-state index in [9.17, 15) is 22.8 Å². The van der Waals surface area contributed by atoms with Crippen LogP contribution in [0, 0.1) is 0 Å². The third kappa shape index (κ3) is 5.74. The van der Waals surface area contributed by atoms with Crippen LogP contribution in [0.15, 0.2) is 54.6 Å². The third-order valence-electron chi connectivity index (χ3n) is 5.45. The SMILES string of the molecule is CC(C)(C)N1C(=O)CC(c2ccc(C[C@H](NC(=O)OCc3ccccc3)C(N)=O)cc2)S1(=O)=O. The van der Waals surface area contributed by atoms with Crippen molar-refractivity contribution < 1.29 is 27.5 Å². The number of ether oxygens (including phenoxy) is 1. The number of hydrogen-bond donors (Lipinski definition) is 2. The fraction of sp³-hybridized carbons (Fsp3) is 0.375. The van der Waals surface area contributed by atoms with Gasteiger partial charge in [-0.2, -0.15) is 0 Å². The van der Waals surface area contributed by atoms with Crippen molar-refractivity contribution in [2.24, 2.45) is 5.73 Å². The molecule has 0 saturated carbocycles. The molecule has 0 aromatic heterocycles. The highest BCUT2D eigenvalue weighted by Crippen LogP contribution is 2.40. The highest BCUT2D eigenvalue weighted by atomic mass is 32.2. The first kappa shape index (κ1) is 25.2. The molecule has 1 fully saturated rings. The predicted octanol–water partition coefficient (Wildman–Crippen LogP) is 2.41. The van der Waals surface area contributed by atoms with Gasteiger partial charge in [0.1, 0.15) is 17.9 Å². The summed E-state index contributed by atoms with van der Waals surface area (Å²) in [6.07, 6.45) is -0.805. The number of amides is 3. The van der Waals surface area contributed by atoms with Gasteiger partial charge in [-0.05, 0) is 37.5 Å². The third-order valence-corrected chi connectivity index (χ3v) is 7.87. The molecule has 0 bridgehead atoms. The first-order valence-electron chi connectivity index (χ1n) is 10.8. The van der Waals surface area contributed by atoms with Gasteiger partial charge in [0, 0.05) is 6.42 Å². The molecule has 0 radical (unpaired) electrons. The van der Waals surface area contributed by atoms with Gasteiger partial charge >= 0.3 is 6.09 Å². The van der Waals surface area contributed by atoms with Crippen molar-refractivity contribution in [3.63, 3.8) is 0 Å². The number of primary amides is 1. The standard InChI is InChI=1S/C24H29N3O6S/c1-24(2,3)27-21(28)14-20(34(27,31)32)18-11-9-16(10-12-18)13-19(22(25)29)26-23(30)33-15-17-7-5-4-6-8-17/h4-12,19-20H,13-15H2,1-3H3,(H2,25,29)(H,26,30)/t19-,20?/m0/s1. The Kier molecular flexibility index (Phi) is 7.30. The Labute approximate surface area is 199 Å². The maximum Gasteiger partial charge on any atom is 0.408 e. The molecule has 182 valence electrons. The van der Waals surface area contributed by atoms with Gasteiger partial charge in [0.2, 0.25) is 21.8 Å². The van der Waals surface area contributed by atoms with Crippen molar-refractivity contribution >= 4 is 27.9 Å². The first-order valence-corrected chi connectivity index (χ1v) is 12.3. The molecular weight excluding hydrogens is 458 g/mol. The molecule has 0 aliphatic carbocycles. The lowest BCUT2D eigenvalue weighted by Gasteiger charge is -2.30. The quantitative estimate of drug-likeness (QED) is 0.616. The maximum atomic E-state index is 13.0. The molecule has 1 saturated heterocycles. The van der Waals surface area contributed by atoms with Gasteiger partial charge in [-0.1, -0.05) is 54.6 Å². The van der Waals surface area contributed by atoms with E-state index in [1.54, 1.807) is 57.2 Å². The number of carbonyl (C=O) groups excluding carboxylic acids is 3. The Hall–Kier alpha value is -3.40. The fourth-order valence-electron chi connectivity index (χ4n) is 3.90. The van der Waals surface area contributed by atoms with Crippen LogP contribution in [0.1, 0.15) is 49.1 Å². The monoisotopic (exact) mass is 487 g/mol. The summed E-state index contributed by atoms with van der Waals surface area (Å²) in [5.74, 6) is -1.17. The highest BCUT2D eigenvalue weighted by molar-refractivity contribution is 7.90. The van der Waals surface area contributed by atoms with E-state index < -0.39 is 44.8 Å².